The Morgan fingerprint density at radius 2 is 1.76 bits per heavy atom. The molecular weight excluding hydrogens is 520 g/mol. The lowest BCUT2D eigenvalue weighted by Crippen LogP contribution is -2.44. The standard InChI is InChI=1S/C29H31ClN4O3S/c1-20-26(21(2)32-38(35,36)25-10-11-27-22(18-25)6-4-9-28(27)30)12-13-31-29(20)37-24-8-5-7-23(19-24)34-16-14-33(3)15-17-34/h4-13,18-19,21,32H,14-17H2,1-3H3. The predicted molar refractivity (Wildman–Crippen MR) is 153 cm³/mol. The minimum absolute atomic E-state index is 0.183. The summed E-state index contributed by atoms with van der Waals surface area (Å²) in [5.74, 6) is 1.14. The van der Waals surface area contributed by atoms with Crippen molar-refractivity contribution in [2.75, 3.05) is 38.1 Å². The van der Waals surface area contributed by atoms with E-state index in [1.165, 1.54) is 0 Å². The van der Waals surface area contributed by atoms with Gasteiger partial charge < -0.3 is 14.5 Å². The molecule has 5 rings (SSSR count). The number of likely N-dealkylation sites (N-methyl/N-ethyl adjacent to an activating group) is 1. The predicted octanol–water partition coefficient (Wildman–Crippen LogP) is 5.78. The van der Waals surface area contributed by atoms with Gasteiger partial charge >= 0.3 is 0 Å². The van der Waals surface area contributed by atoms with Crippen molar-refractivity contribution in [2.24, 2.45) is 0 Å². The van der Waals surface area contributed by atoms with Crippen molar-refractivity contribution >= 4 is 38.1 Å². The van der Waals surface area contributed by atoms with Gasteiger partial charge in [-0.2, -0.15) is 0 Å². The molecule has 1 atom stereocenters. The van der Waals surface area contributed by atoms with Crippen molar-refractivity contribution in [1.82, 2.24) is 14.6 Å². The van der Waals surface area contributed by atoms with Crippen molar-refractivity contribution < 1.29 is 13.2 Å². The van der Waals surface area contributed by atoms with Gasteiger partial charge in [0.05, 0.1) is 4.90 Å². The lowest BCUT2D eigenvalue weighted by molar-refractivity contribution is 0.312. The summed E-state index contributed by atoms with van der Waals surface area (Å²) in [5.41, 5.74) is 2.68. The number of anilines is 1. The average molecular weight is 551 g/mol. The highest BCUT2D eigenvalue weighted by molar-refractivity contribution is 7.89. The number of nitrogens with zero attached hydrogens (tertiary/aromatic N) is 3. The van der Waals surface area contributed by atoms with E-state index in [0.717, 1.165) is 53.8 Å². The molecule has 0 aliphatic carbocycles. The molecule has 0 spiro atoms. The fraction of sp³-hybridized carbons (Fsp3) is 0.276. The smallest absolute Gasteiger partial charge is 0.241 e. The van der Waals surface area contributed by atoms with Crippen LogP contribution in [0.3, 0.4) is 0 Å². The first-order valence-corrected chi connectivity index (χ1v) is 14.4. The lowest BCUT2D eigenvalue weighted by atomic mass is 10.1. The summed E-state index contributed by atoms with van der Waals surface area (Å²) in [4.78, 5) is 9.29. The third-order valence-electron chi connectivity index (χ3n) is 7.01. The monoisotopic (exact) mass is 550 g/mol. The van der Waals surface area contributed by atoms with Crippen molar-refractivity contribution in [3.8, 4) is 11.6 Å². The summed E-state index contributed by atoms with van der Waals surface area (Å²) < 4.78 is 35.5. The Balaban J connectivity index is 1.34. The number of hydrogen-bond donors (Lipinski definition) is 1. The first-order chi connectivity index (χ1) is 18.2. The fourth-order valence-electron chi connectivity index (χ4n) is 4.78. The molecular formula is C29H31ClN4O3S. The number of fused-ring (bicyclic) bond motifs is 1. The maximum absolute atomic E-state index is 13.2. The molecule has 38 heavy (non-hydrogen) atoms. The molecule has 1 N–H and O–H groups in total. The molecule has 1 fully saturated rings. The summed E-state index contributed by atoms with van der Waals surface area (Å²) in [6.07, 6.45) is 1.64. The van der Waals surface area contributed by atoms with E-state index >= 15 is 0 Å². The first-order valence-electron chi connectivity index (χ1n) is 12.6. The molecule has 1 aliphatic heterocycles. The number of rotatable bonds is 7. The highest BCUT2D eigenvalue weighted by Crippen LogP contribution is 2.31. The van der Waals surface area contributed by atoms with Crippen LogP contribution in [0.15, 0.2) is 77.8 Å². The molecule has 9 heteroatoms. The zero-order valence-electron chi connectivity index (χ0n) is 21.7. The van der Waals surface area contributed by atoms with Gasteiger partial charge in [-0.3, -0.25) is 0 Å². The molecule has 3 aromatic carbocycles. The number of sulfonamides is 1. The molecule has 1 unspecified atom stereocenters. The van der Waals surface area contributed by atoms with Crippen LogP contribution in [-0.4, -0.2) is 51.5 Å². The van der Waals surface area contributed by atoms with Crippen molar-refractivity contribution in [1.29, 1.82) is 0 Å². The van der Waals surface area contributed by atoms with E-state index in [1.54, 1.807) is 36.5 Å². The third kappa shape index (κ3) is 5.63. The van der Waals surface area contributed by atoms with E-state index in [9.17, 15) is 8.42 Å². The van der Waals surface area contributed by atoms with Gasteiger partial charge in [-0.25, -0.2) is 18.1 Å². The molecule has 1 aromatic heterocycles. The van der Waals surface area contributed by atoms with Crippen LogP contribution in [0.4, 0.5) is 5.69 Å². The van der Waals surface area contributed by atoms with Gasteiger partial charge in [-0.1, -0.05) is 35.9 Å². The minimum atomic E-state index is -3.79. The number of halogens is 1. The molecule has 0 radical (unpaired) electrons. The zero-order chi connectivity index (χ0) is 26.9. The minimum Gasteiger partial charge on any atom is -0.439 e. The molecule has 198 valence electrons. The van der Waals surface area contributed by atoms with Gasteiger partial charge in [0.15, 0.2) is 0 Å². The van der Waals surface area contributed by atoms with Gasteiger partial charge in [0, 0.05) is 66.1 Å². The Hall–Kier alpha value is -3.17. The molecule has 1 saturated heterocycles. The van der Waals surface area contributed by atoms with E-state index in [4.69, 9.17) is 16.3 Å². The Kier molecular flexibility index (Phi) is 7.59. The van der Waals surface area contributed by atoms with Crippen LogP contribution in [0, 0.1) is 6.92 Å². The summed E-state index contributed by atoms with van der Waals surface area (Å²) in [6.45, 7) is 7.69. The van der Waals surface area contributed by atoms with Crippen LogP contribution < -0.4 is 14.4 Å². The van der Waals surface area contributed by atoms with Gasteiger partial charge in [0.1, 0.15) is 5.75 Å². The van der Waals surface area contributed by atoms with Crippen LogP contribution in [0.5, 0.6) is 11.6 Å². The Morgan fingerprint density at radius 3 is 2.55 bits per heavy atom. The van der Waals surface area contributed by atoms with Crippen LogP contribution >= 0.6 is 11.6 Å². The second-order valence-corrected chi connectivity index (χ2v) is 11.8. The van der Waals surface area contributed by atoms with Gasteiger partial charge in [0.2, 0.25) is 15.9 Å². The topological polar surface area (TPSA) is 74.8 Å². The van der Waals surface area contributed by atoms with Crippen molar-refractivity contribution in [3.63, 3.8) is 0 Å². The first kappa shape index (κ1) is 26.4. The van der Waals surface area contributed by atoms with E-state index in [0.29, 0.717) is 16.7 Å². The third-order valence-corrected chi connectivity index (χ3v) is 8.88. The van der Waals surface area contributed by atoms with Crippen molar-refractivity contribution in [3.05, 3.63) is 89.1 Å². The van der Waals surface area contributed by atoms with E-state index < -0.39 is 16.1 Å². The van der Waals surface area contributed by atoms with Gasteiger partial charge in [0.25, 0.3) is 0 Å². The lowest BCUT2D eigenvalue weighted by Gasteiger charge is -2.34. The number of benzene rings is 3. The molecule has 0 bridgehead atoms. The normalized spacial score (nSPS) is 15.5. The molecule has 7 nitrogen and oxygen atoms in total. The Bertz CT molecular complexity index is 1570. The molecule has 4 aromatic rings. The zero-order valence-corrected chi connectivity index (χ0v) is 23.3. The van der Waals surface area contributed by atoms with Crippen molar-refractivity contribution in [2.45, 2.75) is 24.8 Å². The van der Waals surface area contributed by atoms with E-state index in [-0.39, 0.29) is 4.90 Å². The quantitative estimate of drug-likeness (QED) is 0.314. The second-order valence-electron chi connectivity index (χ2n) is 9.69. The number of nitrogens with one attached hydrogen (secondary N) is 1. The number of hydrogen-bond acceptors (Lipinski definition) is 6. The molecule has 2 heterocycles. The average Bonchev–Trinajstić information content (AvgIpc) is 2.90. The SMILES string of the molecule is Cc1c(C(C)NS(=O)(=O)c2ccc3c(Cl)cccc3c2)ccnc1Oc1cccc(N2CCN(C)CC2)c1. The highest BCUT2D eigenvalue weighted by atomic mass is 35.5. The maximum atomic E-state index is 13.2. The summed E-state index contributed by atoms with van der Waals surface area (Å²) >= 11 is 6.24. The highest BCUT2D eigenvalue weighted by Gasteiger charge is 2.22. The summed E-state index contributed by atoms with van der Waals surface area (Å²) in [5, 5.41) is 2.16. The van der Waals surface area contributed by atoms with Crippen LogP contribution in [0.2, 0.25) is 5.02 Å². The second kappa shape index (κ2) is 10.9. The Labute approximate surface area is 229 Å². The number of pyridine rings is 1. The molecule has 0 amide bonds. The van der Waals surface area contributed by atoms with Crippen LogP contribution in [0.1, 0.15) is 24.1 Å². The van der Waals surface area contributed by atoms with E-state index in [2.05, 4.69) is 32.6 Å². The van der Waals surface area contributed by atoms with Crippen LogP contribution in [-0.2, 0) is 10.0 Å². The summed E-state index contributed by atoms with van der Waals surface area (Å²) in [6, 6.07) is 19.7. The number of aromatic nitrogens is 1. The Morgan fingerprint density at radius 1 is 1.00 bits per heavy atom. The summed E-state index contributed by atoms with van der Waals surface area (Å²) in [7, 11) is -1.65. The largest absolute Gasteiger partial charge is 0.439 e. The molecule has 0 saturated carbocycles. The fourth-order valence-corrected chi connectivity index (χ4v) is 6.28. The number of piperazine rings is 1. The number of ether oxygens (including phenoxy) is 1. The van der Waals surface area contributed by atoms with Crippen LogP contribution in [0.25, 0.3) is 10.8 Å². The van der Waals surface area contributed by atoms with Gasteiger partial charge in [-0.05, 0) is 68.2 Å². The maximum Gasteiger partial charge on any atom is 0.241 e. The van der Waals surface area contributed by atoms with Gasteiger partial charge in [-0.15, -0.1) is 0 Å². The van der Waals surface area contributed by atoms with E-state index in [1.807, 2.05) is 44.2 Å². The molecule has 1 aliphatic rings.